The summed E-state index contributed by atoms with van der Waals surface area (Å²) in [4.78, 5) is 0. The Morgan fingerprint density at radius 1 is 1.17 bits per heavy atom. The summed E-state index contributed by atoms with van der Waals surface area (Å²) in [7, 11) is 0. The molecule has 0 amide bonds. The van der Waals surface area contributed by atoms with E-state index in [1.54, 1.807) is 0 Å². The molecule has 0 spiro atoms. The number of aryl methyl sites for hydroxylation is 1. The van der Waals surface area contributed by atoms with Gasteiger partial charge in [-0.1, -0.05) is 36.8 Å². The first-order valence-electron chi connectivity index (χ1n) is 7.02. The molecule has 0 aliphatic heterocycles. The molecule has 0 aliphatic rings. The minimum Gasteiger partial charge on any atom is -0.379 e. The number of benzene rings is 1. The fourth-order valence-electron chi connectivity index (χ4n) is 1.99. The minimum atomic E-state index is 0.322. The second kappa shape index (κ2) is 8.28. The maximum absolute atomic E-state index is 5.67. The van der Waals surface area contributed by atoms with Gasteiger partial charge in [-0.2, -0.15) is 0 Å². The molecule has 2 heteroatoms. The van der Waals surface area contributed by atoms with Gasteiger partial charge in [0.2, 0.25) is 0 Å². The lowest BCUT2D eigenvalue weighted by molar-refractivity contribution is 0.0733. The van der Waals surface area contributed by atoms with E-state index in [-0.39, 0.29) is 0 Å². The van der Waals surface area contributed by atoms with Gasteiger partial charge in [-0.15, -0.1) is 0 Å². The van der Waals surface area contributed by atoms with E-state index in [9.17, 15) is 0 Å². The normalized spacial score (nSPS) is 12.9. The molecule has 2 nitrogen and oxygen atoms in total. The van der Waals surface area contributed by atoms with Crippen LogP contribution < -0.4 is 5.32 Å². The summed E-state index contributed by atoms with van der Waals surface area (Å²) in [6.07, 6.45) is 1.40. The monoisotopic (exact) mass is 249 g/mol. The fraction of sp³-hybridized carbons (Fsp3) is 0.625. The van der Waals surface area contributed by atoms with Gasteiger partial charge in [0.1, 0.15) is 0 Å². The van der Waals surface area contributed by atoms with Crippen LogP contribution in [-0.4, -0.2) is 25.8 Å². The molecule has 0 aliphatic carbocycles. The molecule has 18 heavy (non-hydrogen) atoms. The van der Waals surface area contributed by atoms with E-state index in [4.69, 9.17) is 4.74 Å². The molecule has 1 atom stereocenters. The van der Waals surface area contributed by atoms with Crippen molar-refractivity contribution in [1.29, 1.82) is 0 Å². The van der Waals surface area contributed by atoms with Crippen molar-refractivity contribution >= 4 is 0 Å². The number of hydrogen-bond acceptors (Lipinski definition) is 2. The molecule has 0 aromatic heterocycles. The topological polar surface area (TPSA) is 21.3 Å². The summed E-state index contributed by atoms with van der Waals surface area (Å²) < 4.78 is 5.67. The molecule has 1 aromatic rings. The number of nitrogens with one attached hydrogen (secondary N) is 1. The van der Waals surface area contributed by atoms with E-state index in [0.717, 1.165) is 26.1 Å². The summed E-state index contributed by atoms with van der Waals surface area (Å²) >= 11 is 0. The zero-order chi connectivity index (χ0) is 13.4. The SMILES string of the molecule is CCNCC(CCOC(C)C)c1ccc(C)cc1. The van der Waals surface area contributed by atoms with Gasteiger partial charge in [-0.3, -0.25) is 0 Å². The van der Waals surface area contributed by atoms with Gasteiger partial charge in [0.05, 0.1) is 6.10 Å². The molecule has 1 N–H and O–H groups in total. The third-order valence-electron chi connectivity index (χ3n) is 3.11. The van der Waals surface area contributed by atoms with Gasteiger partial charge in [0.25, 0.3) is 0 Å². The molecule has 0 radical (unpaired) electrons. The fourth-order valence-corrected chi connectivity index (χ4v) is 1.99. The number of rotatable bonds is 8. The Morgan fingerprint density at radius 3 is 2.39 bits per heavy atom. The molecule has 1 rings (SSSR count). The van der Waals surface area contributed by atoms with E-state index < -0.39 is 0 Å². The van der Waals surface area contributed by atoms with Crippen LogP contribution in [0.4, 0.5) is 0 Å². The second-order valence-electron chi connectivity index (χ2n) is 5.12. The third kappa shape index (κ3) is 5.65. The van der Waals surface area contributed by atoms with Crippen molar-refractivity contribution in [3.05, 3.63) is 35.4 Å². The summed E-state index contributed by atoms with van der Waals surface area (Å²) in [5.41, 5.74) is 2.73. The molecule has 0 saturated carbocycles. The lowest BCUT2D eigenvalue weighted by Gasteiger charge is -2.19. The zero-order valence-corrected chi connectivity index (χ0v) is 12.2. The Balaban J connectivity index is 2.56. The Morgan fingerprint density at radius 2 is 1.83 bits per heavy atom. The van der Waals surface area contributed by atoms with Crippen molar-refractivity contribution in [3.63, 3.8) is 0 Å². The average molecular weight is 249 g/mol. The van der Waals surface area contributed by atoms with Gasteiger partial charge in [-0.25, -0.2) is 0 Å². The lowest BCUT2D eigenvalue weighted by atomic mass is 9.95. The third-order valence-corrected chi connectivity index (χ3v) is 3.11. The molecule has 1 unspecified atom stereocenters. The van der Waals surface area contributed by atoms with E-state index >= 15 is 0 Å². The molecule has 102 valence electrons. The Labute approximate surface area is 112 Å². The predicted molar refractivity (Wildman–Crippen MR) is 78.2 cm³/mol. The van der Waals surface area contributed by atoms with Gasteiger partial charge >= 0.3 is 0 Å². The standard InChI is InChI=1S/C16H27NO/c1-5-17-12-16(10-11-18-13(2)3)15-8-6-14(4)7-9-15/h6-9,13,16-17H,5,10-12H2,1-4H3. The molecule has 0 heterocycles. The molecular formula is C16H27NO. The predicted octanol–water partition coefficient (Wildman–Crippen LogP) is 3.50. The van der Waals surface area contributed by atoms with Crippen LogP contribution in [0.3, 0.4) is 0 Å². The highest BCUT2D eigenvalue weighted by Gasteiger charge is 2.11. The van der Waals surface area contributed by atoms with E-state index in [2.05, 4.69) is 57.3 Å². The van der Waals surface area contributed by atoms with Crippen LogP contribution in [0, 0.1) is 6.92 Å². The van der Waals surface area contributed by atoms with Crippen molar-refractivity contribution < 1.29 is 4.74 Å². The first-order valence-corrected chi connectivity index (χ1v) is 7.02. The van der Waals surface area contributed by atoms with E-state index in [1.165, 1.54) is 11.1 Å². The number of likely N-dealkylation sites (N-methyl/N-ethyl adjacent to an activating group) is 1. The van der Waals surface area contributed by atoms with Crippen LogP contribution in [0.5, 0.6) is 0 Å². The molecular weight excluding hydrogens is 222 g/mol. The molecule has 0 fully saturated rings. The highest BCUT2D eigenvalue weighted by atomic mass is 16.5. The highest BCUT2D eigenvalue weighted by Crippen LogP contribution is 2.20. The van der Waals surface area contributed by atoms with E-state index in [0.29, 0.717) is 12.0 Å². The zero-order valence-electron chi connectivity index (χ0n) is 12.2. The van der Waals surface area contributed by atoms with Crippen molar-refractivity contribution in [2.75, 3.05) is 19.7 Å². The summed E-state index contributed by atoms with van der Waals surface area (Å²) in [5.74, 6) is 0.546. The smallest absolute Gasteiger partial charge is 0.0518 e. The maximum Gasteiger partial charge on any atom is 0.0518 e. The van der Waals surface area contributed by atoms with Gasteiger partial charge in [-0.05, 0) is 45.2 Å². The van der Waals surface area contributed by atoms with Crippen molar-refractivity contribution in [1.82, 2.24) is 5.32 Å². The van der Waals surface area contributed by atoms with Crippen LogP contribution in [0.2, 0.25) is 0 Å². The molecule has 0 bridgehead atoms. The summed E-state index contributed by atoms with van der Waals surface area (Å²) in [6, 6.07) is 8.87. The van der Waals surface area contributed by atoms with Crippen molar-refractivity contribution in [3.8, 4) is 0 Å². The second-order valence-corrected chi connectivity index (χ2v) is 5.12. The molecule has 0 saturated heterocycles. The first-order chi connectivity index (χ1) is 8.63. The lowest BCUT2D eigenvalue weighted by Crippen LogP contribution is -2.22. The van der Waals surface area contributed by atoms with Crippen LogP contribution in [0.25, 0.3) is 0 Å². The summed E-state index contributed by atoms with van der Waals surface area (Å²) in [5, 5.41) is 3.44. The van der Waals surface area contributed by atoms with Crippen LogP contribution >= 0.6 is 0 Å². The highest BCUT2D eigenvalue weighted by molar-refractivity contribution is 5.24. The van der Waals surface area contributed by atoms with Gasteiger partial charge in [0.15, 0.2) is 0 Å². The van der Waals surface area contributed by atoms with Crippen LogP contribution in [-0.2, 0) is 4.74 Å². The van der Waals surface area contributed by atoms with Crippen molar-refractivity contribution in [2.45, 2.75) is 46.1 Å². The Kier molecular flexibility index (Phi) is 6.99. The first kappa shape index (κ1) is 15.2. The average Bonchev–Trinajstić information content (AvgIpc) is 2.34. The number of ether oxygens (including phenoxy) is 1. The van der Waals surface area contributed by atoms with Crippen LogP contribution in [0.1, 0.15) is 44.2 Å². The number of hydrogen-bond donors (Lipinski definition) is 1. The Bertz CT molecular complexity index is 318. The quantitative estimate of drug-likeness (QED) is 0.761. The van der Waals surface area contributed by atoms with Crippen LogP contribution in [0.15, 0.2) is 24.3 Å². The van der Waals surface area contributed by atoms with Gasteiger partial charge in [0, 0.05) is 13.2 Å². The summed E-state index contributed by atoms with van der Waals surface area (Å²) in [6.45, 7) is 11.3. The maximum atomic E-state index is 5.67. The van der Waals surface area contributed by atoms with Gasteiger partial charge < -0.3 is 10.1 Å². The largest absolute Gasteiger partial charge is 0.379 e. The minimum absolute atomic E-state index is 0.322. The Hall–Kier alpha value is -0.860. The van der Waals surface area contributed by atoms with E-state index in [1.807, 2.05) is 0 Å². The van der Waals surface area contributed by atoms with Crippen molar-refractivity contribution in [2.24, 2.45) is 0 Å². The molecule has 1 aromatic carbocycles.